The molecule has 0 bridgehead atoms. The van der Waals surface area contributed by atoms with Crippen LogP contribution in [0.2, 0.25) is 0 Å². The molecule has 1 unspecified atom stereocenters. The van der Waals surface area contributed by atoms with E-state index in [-0.39, 0.29) is 18.4 Å². The van der Waals surface area contributed by atoms with Gasteiger partial charge in [0.05, 0.1) is 18.0 Å². The molecule has 1 atom stereocenters. The van der Waals surface area contributed by atoms with E-state index in [2.05, 4.69) is 10.5 Å². The van der Waals surface area contributed by atoms with Crippen LogP contribution in [0.25, 0.3) is 5.69 Å². The minimum Gasteiger partial charge on any atom is -0.392 e. The Morgan fingerprint density at radius 1 is 1.38 bits per heavy atom. The predicted molar refractivity (Wildman–Crippen MR) is 80.2 cm³/mol. The van der Waals surface area contributed by atoms with Crippen molar-refractivity contribution in [3.05, 3.63) is 53.9 Å². The fraction of sp³-hybridized carbons (Fsp3) is 0.250. The van der Waals surface area contributed by atoms with Gasteiger partial charge >= 0.3 is 0 Å². The topological polar surface area (TPSA) is 66.6 Å². The molecule has 0 radical (unpaired) electrons. The van der Waals surface area contributed by atoms with E-state index < -0.39 is 0 Å². The van der Waals surface area contributed by atoms with Crippen molar-refractivity contribution < 1.29 is 9.90 Å². The SMILES string of the molecule is CC1CC(=O)NN=C1c1ccccc1-n1ccc(CO)c1. The molecule has 108 valence electrons. The molecule has 1 aromatic heterocycles. The molecular formula is C16H17N3O2. The largest absolute Gasteiger partial charge is 0.392 e. The van der Waals surface area contributed by atoms with Gasteiger partial charge in [0.1, 0.15) is 0 Å². The van der Waals surface area contributed by atoms with Gasteiger partial charge in [0.15, 0.2) is 0 Å². The number of nitrogens with zero attached hydrogens (tertiary/aromatic N) is 2. The number of benzene rings is 1. The summed E-state index contributed by atoms with van der Waals surface area (Å²) in [6.45, 7) is 2.02. The monoisotopic (exact) mass is 283 g/mol. The summed E-state index contributed by atoms with van der Waals surface area (Å²) in [5.41, 5.74) is 6.27. The molecule has 2 N–H and O–H groups in total. The van der Waals surface area contributed by atoms with Crippen LogP contribution < -0.4 is 5.43 Å². The van der Waals surface area contributed by atoms with Crippen molar-refractivity contribution in [3.8, 4) is 5.69 Å². The summed E-state index contributed by atoms with van der Waals surface area (Å²) in [4.78, 5) is 11.4. The molecule has 0 saturated heterocycles. The van der Waals surface area contributed by atoms with Gasteiger partial charge in [-0.3, -0.25) is 4.79 Å². The highest BCUT2D eigenvalue weighted by Crippen LogP contribution is 2.23. The first-order valence-electron chi connectivity index (χ1n) is 6.93. The van der Waals surface area contributed by atoms with E-state index >= 15 is 0 Å². The molecular weight excluding hydrogens is 266 g/mol. The van der Waals surface area contributed by atoms with Crippen LogP contribution in [0.4, 0.5) is 0 Å². The minimum atomic E-state index is -0.0488. The number of rotatable bonds is 3. The van der Waals surface area contributed by atoms with Gasteiger partial charge < -0.3 is 9.67 Å². The van der Waals surface area contributed by atoms with Crippen LogP contribution in [-0.2, 0) is 11.4 Å². The average Bonchev–Trinajstić information content (AvgIpc) is 2.96. The van der Waals surface area contributed by atoms with Gasteiger partial charge in [-0.25, -0.2) is 5.43 Å². The molecule has 0 spiro atoms. The summed E-state index contributed by atoms with van der Waals surface area (Å²) in [7, 11) is 0. The number of para-hydroxylation sites is 1. The third-order valence-electron chi connectivity index (χ3n) is 3.65. The van der Waals surface area contributed by atoms with Crippen LogP contribution in [0.15, 0.2) is 47.8 Å². The molecule has 1 amide bonds. The summed E-state index contributed by atoms with van der Waals surface area (Å²) in [5.74, 6) is 0.0278. The van der Waals surface area contributed by atoms with Gasteiger partial charge in [0.2, 0.25) is 5.91 Å². The number of carbonyl (C=O) groups is 1. The Morgan fingerprint density at radius 3 is 2.90 bits per heavy atom. The van der Waals surface area contributed by atoms with Crippen molar-refractivity contribution in [3.63, 3.8) is 0 Å². The smallest absolute Gasteiger partial charge is 0.240 e. The average molecular weight is 283 g/mol. The number of hydrogen-bond donors (Lipinski definition) is 2. The van der Waals surface area contributed by atoms with E-state index in [4.69, 9.17) is 0 Å². The fourth-order valence-electron chi connectivity index (χ4n) is 2.58. The highest BCUT2D eigenvalue weighted by molar-refractivity contribution is 6.08. The first-order valence-corrected chi connectivity index (χ1v) is 6.93. The van der Waals surface area contributed by atoms with Gasteiger partial charge in [-0.15, -0.1) is 0 Å². The zero-order valence-electron chi connectivity index (χ0n) is 11.8. The molecule has 0 fully saturated rings. The van der Waals surface area contributed by atoms with Crippen LogP contribution in [0.3, 0.4) is 0 Å². The number of aliphatic hydroxyl groups excluding tert-OH is 1. The molecule has 3 rings (SSSR count). The lowest BCUT2D eigenvalue weighted by Crippen LogP contribution is -2.32. The molecule has 0 saturated carbocycles. The number of hydrogen-bond acceptors (Lipinski definition) is 3. The summed E-state index contributed by atoms with van der Waals surface area (Å²) in [5, 5.41) is 13.4. The Morgan fingerprint density at radius 2 is 2.19 bits per heavy atom. The maximum absolute atomic E-state index is 11.4. The zero-order chi connectivity index (χ0) is 14.8. The first-order chi connectivity index (χ1) is 10.2. The standard InChI is InChI=1S/C16H17N3O2/c1-11-8-15(21)17-18-16(11)13-4-2-3-5-14(13)19-7-6-12(9-19)10-20/h2-7,9,11,20H,8,10H2,1H3,(H,17,21). The minimum absolute atomic E-state index is 0.0164. The van der Waals surface area contributed by atoms with Crippen molar-refractivity contribution in [2.45, 2.75) is 20.0 Å². The number of carbonyl (C=O) groups excluding carboxylic acids is 1. The van der Waals surface area contributed by atoms with Crippen LogP contribution in [0.5, 0.6) is 0 Å². The van der Waals surface area contributed by atoms with Crippen LogP contribution in [-0.4, -0.2) is 21.3 Å². The lowest BCUT2D eigenvalue weighted by Gasteiger charge is -2.21. The van der Waals surface area contributed by atoms with Crippen LogP contribution >= 0.6 is 0 Å². The normalized spacial score (nSPS) is 18.3. The molecule has 5 nitrogen and oxygen atoms in total. The van der Waals surface area contributed by atoms with Gasteiger partial charge in [-0.1, -0.05) is 25.1 Å². The maximum atomic E-state index is 11.4. The molecule has 0 aliphatic carbocycles. The van der Waals surface area contributed by atoms with Gasteiger partial charge in [-0.05, 0) is 17.7 Å². The number of amides is 1. The van der Waals surface area contributed by atoms with E-state index in [0.29, 0.717) is 6.42 Å². The Bertz CT molecular complexity index is 703. The number of aromatic nitrogens is 1. The van der Waals surface area contributed by atoms with E-state index in [9.17, 15) is 9.90 Å². The second kappa shape index (κ2) is 5.54. The van der Waals surface area contributed by atoms with Crippen LogP contribution in [0.1, 0.15) is 24.5 Å². The Kier molecular flexibility index (Phi) is 3.58. The zero-order valence-corrected chi connectivity index (χ0v) is 11.8. The fourth-order valence-corrected chi connectivity index (χ4v) is 2.58. The Balaban J connectivity index is 2.06. The highest BCUT2D eigenvalue weighted by atomic mass is 16.3. The Hall–Kier alpha value is -2.40. The molecule has 2 heterocycles. The molecule has 1 aliphatic heterocycles. The van der Waals surface area contributed by atoms with E-state index in [1.165, 1.54) is 0 Å². The van der Waals surface area contributed by atoms with Crippen LogP contribution in [0, 0.1) is 5.92 Å². The van der Waals surface area contributed by atoms with Crippen molar-refractivity contribution >= 4 is 11.6 Å². The molecule has 1 aliphatic rings. The number of aliphatic hydroxyl groups is 1. The summed E-state index contributed by atoms with van der Waals surface area (Å²) in [6, 6.07) is 9.80. The first kappa shape index (κ1) is 13.6. The molecule has 21 heavy (non-hydrogen) atoms. The molecule has 1 aromatic carbocycles. The predicted octanol–water partition coefficient (Wildman–Crippen LogP) is 1.83. The Labute approximate surface area is 122 Å². The second-order valence-electron chi connectivity index (χ2n) is 5.24. The quantitative estimate of drug-likeness (QED) is 0.902. The third-order valence-corrected chi connectivity index (χ3v) is 3.65. The lowest BCUT2D eigenvalue weighted by atomic mass is 9.93. The van der Waals surface area contributed by atoms with Crippen molar-refractivity contribution in [1.29, 1.82) is 0 Å². The van der Waals surface area contributed by atoms with E-state index in [0.717, 1.165) is 22.5 Å². The summed E-state index contributed by atoms with van der Waals surface area (Å²) < 4.78 is 1.96. The van der Waals surface area contributed by atoms with Gasteiger partial charge in [-0.2, -0.15) is 5.10 Å². The van der Waals surface area contributed by atoms with Crippen molar-refractivity contribution in [2.75, 3.05) is 0 Å². The van der Waals surface area contributed by atoms with E-state index in [1.807, 2.05) is 54.2 Å². The lowest BCUT2D eigenvalue weighted by molar-refractivity contribution is -0.121. The van der Waals surface area contributed by atoms with Crippen molar-refractivity contribution in [1.82, 2.24) is 9.99 Å². The number of nitrogens with one attached hydrogen (secondary N) is 1. The second-order valence-corrected chi connectivity index (χ2v) is 5.24. The maximum Gasteiger partial charge on any atom is 0.240 e. The molecule has 2 aromatic rings. The summed E-state index contributed by atoms with van der Waals surface area (Å²) in [6.07, 6.45) is 4.25. The van der Waals surface area contributed by atoms with E-state index in [1.54, 1.807) is 0 Å². The van der Waals surface area contributed by atoms with Gasteiger partial charge in [0.25, 0.3) is 0 Å². The number of hydrazone groups is 1. The summed E-state index contributed by atoms with van der Waals surface area (Å²) >= 11 is 0. The third kappa shape index (κ3) is 2.60. The highest BCUT2D eigenvalue weighted by Gasteiger charge is 2.23. The molecule has 5 heteroatoms. The van der Waals surface area contributed by atoms with Crippen molar-refractivity contribution in [2.24, 2.45) is 11.0 Å². The van der Waals surface area contributed by atoms with Gasteiger partial charge in [0, 0.05) is 30.3 Å².